The summed E-state index contributed by atoms with van der Waals surface area (Å²) in [5.74, 6) is 0. The summed E-state index contributed by atoms with van der Waals surface area (Å²) in [4.78, 5) is 0. The van der Waals surface area contributed by atoms with E-state index in [0.717, 1.165) is 15.8 Å². The van der Waals surface area contributed by atoms with E-state index in [4.69, 9.17) is 5.73 Å². The lowest BCUT2D eigenvalue weighted by molar-refractivity contribution is -0.142. The Morgan fingerprint density at radius 1 is 1.22 bits per heavy atom. The molecule has 0 saturated carbocycles. The minimum Gasteiger partial charge on any atom is -0.326 e. The molecular formula is C12H12F3N3. The standard InChI is InChI=1S/C12H12F3N3/c13-12(14,15)8-18-7-11(6-17-18)10-3-1-2-9(4-10)5-16/h1-4,6-7H,5,8,16H2. The summed E-state index contributed by atoms with van der Waals surface area (Å²) in [7, 11) is 0. The van der Waals surface area contributed by atoms with Crippen LogP contribution in [0.4, 0.5) is 13.2 Å². The lowest BCUT2D eigenvalue weighted by Gasteiger charge is -2.05. The van der Waals surface area contributed by atoms with E-state index in [2.05, 4.69) is 5.10 Å². The fourth-order valence-corrected chi connectivity index (χ4v) is 1.66. The molecule has 18 heavy (non-hydrogen) atoms. The molecule has 0 aliphatic heterocycles. The van der Waals surface area contributed by atoms with Crippen LogP contribution in [0.5, 0.6) is 0 Å². The molecule has 1 heterocycles. The van der Waals surface area contributed by atoms with Crippen molar-refractivity contribution in [1.82, 2.24) is 9.78 Å². The second-order valence-corrected chi connectivity index (χ2v) is 3.95. The van der Waals surface area contributed by atoms with Gasteiger partial charge in [0.15, 0.2) is 0 Å². The van der Waals surface area contributed by atoms with Gasteiger partial charge in [0.05, 0.1) is 6.20 Å². The van der Waals surface area contributed by atoms with Gasteiger partial charge in [0, 0.05) is 18.3 Å². The monoisotopic (exact) mass is 255 g/mol. The fraction of sp³-hybridized carbons (Fsp3) is 0.250. The molecule has 6 heteroatoms. The molecule has 2 aromatic rings. The summed E-state index contributed by atoms with van der Waals surface area (Å²) < 4.78 is 37.5. The van der Waals surface area contributed by atoms with Crippen LogP contribution in [0, 0.1) is 0 Å². The molecule has 2 N–H and O–H groups in total. The first kappa shape index (κ1) is 12.6. The molecule has 0 bridgehead atoms. The molecule has 96 valence electrons. The smallest absolute Gasteiger partial charge is 0.326 e. The van der Waals surface area contributed by atoms with Crippen LogP contribution in [-0.2, 0) is 13.1 Å². The first-order valence-electron chi connectivity index (χ1n) is 5.36. The van der Waals surface area contributed by atoms with Crippen molar-refractivity contribution in [3.05, 3.63) is 42.2 Å². The molecule has 0 spiro atoms. The largest absolute Gasteiger partial charge is 0.408 e. The summed E-state index contributed by atoms with van der Waals surface area (Å²) in [6.45, 7) is -0.686. The van der Waals surface area contributed by atoms with E-state index in [1.807, 2.05) is 24.3 Å². The Kier molecular flexibility index (Phi) is 3.38. The molecule has 0 saturated heterocycles. The Hall–Kier alpha value is -1.82. The van der Waals surface area contributed by atoms with Crippen LogP contribution in [0.15, 0.2) is 36.7 Å². The van der Waals surface area contributed by atoms with Gasteiger partial charge in [-0.05, 0) is 17.2 Å². The molecule has 2 rings (SSSR count). The third-order valence-corrected chi connectivity index (χ3v) is 2.47. The molecule has 0 fully saturated rings. The quantitative estimate of drug-likeness (QED) is 0.916. The van der Waals surface area contributed by atoms with Crippen LogP contribution < -0.4 is 5.73 Å². The number of benzene rings is 1. The summed E-state index contributed by atoms with van der Waals surface area (Å²) in [6.07, 6.45) is -1.47. The van der Waals surface area contributed by atoms with E-state index in [9.17, 15) is 13.2 Å². The van der Waals surface area contributed by atoms with Gasteiger partial charge in [0.2, 0.25) is 0 Å². The van der Waals surface area contributed by atoms with Crippen LogP contribution in [0.25, 0.3) is 11.1 Å². The van der Waals surface area contributed by atoms with Gasteiger partial charge in [-0.15, -0.1) is 0 Å². The van der Waals surface area contributed by atoms with Gasteiger partial charge in [-0.2, -0.15) is 18.3 Å². The highest BCUT2D eigenvalue weighted by Crippen LogP contribution is 2.22. The van der Waals surface area contributed by atoms with Gasteiger partial charge in [0.1, 0.15) is 6.54 Å². The maximum absolute atomic E-state index is 12.2. The predicted molar refractivity (Wildman–Crippen MR) is 61.6 cm³/mol. The minimum atomic E-state index is -4.26. The van der Waals surface area contributed by atoms with E-state index in [1.54, 1.807) is 0 Å². The van der Waals surface area contributed by atoms with Gasteiger partial charge in [-0.25, -0.2) is 0 Å². The lowest BCUT2D eigenvalue weighted by atomic mass is 10.1. The van der Waals surface area contributed by atoms with Gasteiger partial charge in [-0.1, -0.05) is 18.2 Å². The number of nitrogens with zero attached hydrogens (tertiary/aromatic N) is 2. The van der Waals surface area contributed by atoms with Crippen molar-refractivity contribution in [3.63, 3.8) is 0 Å². The van der Waals surface area contributed by atoms with Crippen molar-refractivity contribution in [2.45, 2.75) is 19.3 Å². The maximum atomic E-state index is 12.2. The van der Waals surface area contributed by atoms with Crippen molar-refractivity contribution in [2.75, 3.05) is 0 Å². The van der Waals surface area contributed by atoms with Gasteiger partial charge in [-0.3, -0.25) is 4.68 Å². The number of alkyl halides is 3. The average molecular weight is 255 g/mol. The Balaban J connectivity index is 2.23. The Bertz CT molecular complexity index is 531. The summed E-state index contributed by atoms with van der Waals surface area (Å²) >= 11 is 0. The van der Waals surface area contributed by atoms with Crippen molar-refractivity contribution >= 4 is 0 Å². The van der Waals surface area contributed by atoms with E-state index < -0.39 is 12.7 Å². The van der Waals surface area contributed by atoms with Crippen LogP contribution >= 0.6 is 0 Å². The third-order valence-electron chi connectivity index (χ3n) is 2.47. The van der Waals surface area contributed by atoms with Crippen LogP contribution in [0.2, 0.25) is 0 Å². The minimum absolute atomic E-state index is 0.393. The molecule has 1 aromatic heterocycles. The topological polar surface area (TPSA) is 43.8 Å². The van der Waals surface area contributed by atoms with Crippen LogP contribution in [0.1, 0.15) is 5.56 Å². The lowest BCUT2D eigenvalue weighted by Crippen LogP contribution is -2.17. The van der Waals surface area contributed by atoms with Gasteiger partial charge >= 0.3 is 6.18 Å². The summed E-state index contributed by atoms with van der Waals surface area (Å²) in [5, 5.41) is 3.70. The van der Waals surface area contributed by atoms with E-state index in [1.165, 1.54) is 12.4 Å². The van der Waals surface area contributed by atoms with Crippen LogP contribution in [-0.4, -0.2) is 16.0 Å². The Labute approximate surface area is 102 Å². The number of rotatable bonds is 3. The highest BCUT2D eigenvalue weighted by molar-refractivity contribution is 5.62. The second-order valence-electron chi connectivity index (χ2n) is 3.95. The van der Waals surface area contributed by atoms with Crippen molar-refractivity contribution < 1.29 is 13.2 Å². The maximum Gasteiger partial charge on any atom is 0.408 e. The third kappa shape index (κ3) is 3.10. The highest BCUT2D eigenvalue weighted by atomic mass is 19.4. The normalized spacial score (nSPS) is 11.8. The van der Waals surface area contributed by atoms with Crippen LogP contribution in [0.3, 0.4) is 0 Å². The molecule has 3 nitrogen and oxygen atoms in total. The predicted octanol–water partition coefficient (Wildman–Crippen LogP) is 2.57. The Morgan fingerprint density at radius 3 is 2.67 bits per heavy atom. The fourth-order valence-electron chi connectivity index (χ4n) is 1.66. The number of hydrogen-bond donors (Lipinski definition) is 1. The van der Waals surface area contributed by atoms with E-state index in [0.29, 0.717) is 12.1 Å². The molecule has 0 aliphatic rings. The zero-order chi connectivity index (χ0) is 13.2. The average Bonchev–Trinajstić information content (AvgIpc) is 2.75. The zero-order valence-electron chi connectivity index (χ0n) is 9.48. The molecule has 1 aromatic carbocycles. The number of nitrogens with two attached hydrogens (primary N) is 1. The highest BCUT2D eigenvalue weighted by Gasteiger charge is 2.28. The molecule has 0 aliphatic carbocycles. The first-order chi connectivity index (χ1) is 8.48. The number of aromatic nitrogens is 2. The molecule has 0 atom stereocenters. The van der Waals surface area contributed by atoms with Gasteiger partial charge in [0.25, 0.3) is 0 Å². The number of halogens is 3. The SMILES string of the molecule is NCc1cccc(-c2cnn(CC(F)(F)F)c2)c1. The van der Waals surface area contributed by atoms with Crippen molar-refractivity contribution in [3.8, 4) is 11.1 Å². The van der Waals surface area contributed by atoms with E-state index in [-0.39, 0.29) is 0 Å². The first-order valence-corrected chi connectivity index (χ1v) is 5.36. The molecule has 0 unspecified atom stereocenters. The van der Waals surface area contributed by atoms with Crippen molar-refractivity contribution in [1.29, 1.82) is 0 Å². The zero-order valence-corrected chi connectivity index (χ0v) is 9.48. The van der Waals surface area contributed by atoms with Gasteiger partial charge < -0.3 is 5.73 Å². The van der Waals surface area contributed by atoms with Crippen molar-refractivity contribution in [2.24, 2.45) is 5.73 Å². The molecule has 0 amide bonds. The summed E-state index contributed by atoms with van der Waals surface area (Å²) in [6, 6.07) is 7.34. The molecular weight excluding hydrogens is 243 g/mol. The number of hydrogen-bond acceptors (Lipinski definition) is 2. The Morgan fingerprint density at radius 2 is 2.00 bits per heavy atom. The van der Waals surface area contributed by atoms with E-state index >= 15 is 0 Å². The second kappa shape index (κ2) is 4.81. The summed E-state index contributed by atoms with van der Waals surface area (Å²) in [5.41, 5.74) is 7.90. The molecule has 0 radical (unpaired) electrons.